The summed E-state index contributed by atoms with van der Waals surface area (Å²) in [6.07, 6.45) is 0. The summed E-state index contributed by atoms with van der Waals surface area (Å²) < 4.78 is 0. The molecular weight excluding hydrogens is 224 g/mol. The van der Waals surface area contributed by atoms with Crippen LogP contribution in [-0.2, 0) is 5.88 Å². The summed E-state index contributed by atoms with van der Waals surface area (Å²) in [6, 6.07) is 0. The average Bonchev–Trinajstić information content (AvgIpc) is 2.71. The van der Waals surface area contributed by atoms with Crippen molar-refractivity contribution in [3.05, 3.63) is 22.3 Å². The molecule has 0 saturated heterocycles. The van der Waals surface area contributed by atoms with Crippen molar-refractivity contribution in [2.75, 3.05) is 0 Å². The van der Waals surface area contributed by atoms with Crippen LogP contribution in [0.4, 0.5) is 0 Å². The van der Waals surface area contributed by atoms with Gasteiger partial charge < -0.3 is 0 Å². The number of nitrogens with zero attached hydrogens (tertiary/aromatic N) is 2. The third-order valence-electron chi connectivity index (χ3n) is 1.63. The van der Waals surface area contributed by atoms with Gasteiger partial charge in [0.2, 0.25) is 0 Å². The molecular formula is C8H7ClN2S2. The first-order chi connectivity index (χ1) is 6.31. The minimum Gasteiger partial charge on any atom is -0.249 e. The Balaban J connectivity index is 2.41. The van der Waals surface area contributed by atoms with E-state index in [1.807, 2.05) is 17.8 Å². The molecule has 0 unspecified atom stereocenters. The van der Waals surface area contributed by atoms with Crippen molar-refractivity contribution in [2.45, 2.75) is 12.8 Å². The lowest BCUT2D eigenvalue weighted by molar-refractivity contribution is 1.22. The summed E-state index contributed by atoms with van der Waals surface area (Å²) in [5.74, 6) is 0.481. The average molecular weight is 231 g/mol. The standard InChI is InChI=1S/C8H7ClN2S2/c1-5-7(13-4-10-5)8-11-6(2-9)3-12-8/h3-4H,2H2,1H3. The van der Waals surface area contributed by atoms with Crippen LogP contribution < -0.4 is 0 Å². The van der Waals surface area contributed by atoms with E-state index in [0.717, 1.165) is 21.3 Å². The van der Waals surface area contributed by atoms with Gasteiger partial charge in [-0.15, -0.1) is 34.3 Å². The number of aryl methyl sites for hydroxylation is 1. The topological polar surface area (TPSA) is 25.8 Å². The van der Waals surface area contributed by atoms with Crippen LogP contribution in [0.25, 0.3) is 9.88 Å². The lowest BCUT2D eigenvalue weighted by Crippen LogP contribution is -1.78. The zero-order valence-electron chi connectivity index (χ0n) is 6.95. The molecule has 2 aromatic rings. The van der Waals surface area contributed by atoms with Crippen LogP contribution in [0, 0.1) is 6.92 Å². The Kier molecular flexibility index (Phi) is 2.62. The molecule has 0 amide bonds. The van der Waals surface area contributed by atoms with Gasteiger partial charge in [-0.05, 0) is 6.92 Å². The maximum atomic E-state index is 5.67. The van der Waals surface area contributed by atoms with Crippen molar-refractivity contribution < 1.29 is 0 Å². The fourth-order valence-corrected chi connectivity index (χ4v) is 2.99. The van der Waals surface area contributed by atoms with Gasteiger partial charge in [-0.3, -0.25) is 0 Å². The van der Waals surface area contributed by atoms with Crippen molar-refractivity contribution in [2.24, 2.45) is 0 Å². The summed E-state index contributed by atoms with van der Waals surface area (Å²) in [6.45, 7) is 1.99. The summed E-state index contributed by atoms with van der Waals surface area (Å²) in [7, 11) is 0. The first-order valence-electron chi connectivity index (χ1n) is 3.72. The molecule has 0 N–H and O–H groups in total. The van der Waals surface area contributed by atoms with E-state index in [2.05, 4.69) is 9.97 Å². The lowest BCUT2D eigenvalue weighted by Gasteiger charge is -1.89. The largest absolute Gasteiger partial charge is 0.249 e. The van der Waals surface area contributed by atoms with Gasteiger partial charge in [0.05, 0.1) is 27.7 Å². The Bertz CT molecular complexity index is 408. The van der Waals surface area contributed by atoms with Gasteiger partial charge in [0.25, 0.3) is 0 Å². The number of hydrogen-bond acceptors (Lipinski definition) is 4. The Morgan fingerprint density at radius 2 is 2.31 bits per heavy atom. The first-order valence-corrected chi connectivity index (χ1v) is 6.01. The number of halogens is 1. The van der Waals surface area contributed by atoms with Crippen LogP contribution in [-0.4, -0.2) is 9.97 Å². The summed E-state index contributed by atoms with van der Waals surface area (Å²) in [5, 5.41) is 3.01. The van der Waals surface area contributed by atoms with Gasteiger partial charge in [-0.25, -0.2) is 9.97 Å². The molecule has 0 radical (unpaired) electrons. The molecule has 0 aliphatic carbocycles. The highest BCUT2D eigenvalue weighted by Crippen LogP contribution is 2.30. The molecule has 0 aliphatic rings. The van der Waals surface area contributed by atoms with Crippen LogP contribution in [0.1, 0.15) is 11.4 Å². The maximum absolute atomic E-state index is 5.67. The molecule has 0 fully saturated rings. The van der Waals surface area contributed by atoms with Crippen molar-refractivity contribution in [3.8, 4) is 9.88 Å². The second-order valence-electron chi connectivity index (χ2n) is 2.54. The molecule has 0 saturated carbocycles. The normalized spacial score (nSPS) is 10.6. The molecule has 2 heterocycles. The molecule has 0 spiro atoms. The van der Waals surface area contributed by atoms with E-state index in [1.165, 1.54) is 0 Å². The smallest absolute Gasteiger partial charge is 0.135 e. The van der Waals surface area contributed by atoms with Crippen LogP contribution in [0.5, 0.6) is 0 Å². The van der Waals surface area contributed by atoms with Crippen molar-refractivity contribution in [1.29, 1.82) is 0 Å². The molecule has 2 rings (SSSR count). The number of alkyl halides is 1. The summed E-state index contributed by atoms with van der Waals surface area (Å²) in [4.78, 5) is 9.72. The zero-order valence-corrected chi connectivity index (χ0v) is 9.34. The minimum absolute atomic E-state index is 0.481. The maximum Gasteiger partial charge on any atom is 0.135 e. The third-order valence-corrected chi connectivity index (χ3v) is 3.88. The molecule has 0 atom stereocenters. The number of rotatable bonds is 2. The molecule has 0 bridgehead atoms. The fraction of sp³-hybridized carbons (Fsp3) is 0.250. The highest BCUT2D eigenvalue weighted by Gasteiger charge is 2.08. The van der Waals surface area contributed by atoms with Gasteiger partial charge in [-0.1, -0.05) is 0 Å². The monoisotopic (exact) mass is 230 g/mol. The number of thiazole rings is 2. The van der Waals surface area contributed by atoms with Gasteiger partial charge in [0.15, 0.2) is 0 Å². The van der Waals surface area contributed by atoms with E-state index in [9.17, 15) is 0 Å². The Morgan fingerprint density at radius 1 is 1.46 bits per heavy atom. The number of hydrogen-bond donors (Lipinski definition) is 0. The molecule has 13 heavy (non-hydrogen) atoms. The lowest BCUT2D eigenvalue weighted by atomic mass is 10.4. The van der Waals surface area contributed by atoms with E-state index >= 15 is 0 Å². The molecule has 0 aliphatic heterocycles. The molecule has 5 heteroatoms. The quantitative estimate of drug-likeness (QED) is 0.740. The van der Waals surface area contributed by atoms with Crippen molar-refractivity contribution in [3.63, 3.8) is 0 Å². The SMILES string of the molecule is Cc1ncsc1-c1nc(CCl)cs1. The molecule has 68 valence electrons. The molecule has 0 aromatic carbocycles. The fourth-order valence-electron chi connectivity index (χ4n) is 0.980. The number of aromatic nitrogens is 2. The van der Waals surface area contributed by atoms with E-state index in [1.54, 1.807) is 22.7 Å². The molecule has 2 aromatic heterocycles. The van der Waals surface area contributed by atoms with Gasteiger partial charge >= 0.3 is 0 Å². The van der Waals surface area contributed by atoms with E-state index in [4.69, 9.17) is 11.6 Å². The predicted molar refractivity (Wildman–Crippen MR) is 57.5 cm³/mol. The van der Waals surface area contributed by atoms with Crippen molar-refractivity contribution >= 4 is 34.3 Å². The van der Waals surface area contributed by atoms with Gasteiger partial charge in [0, 0.05) is 5.38 Å². The summed E-state index contributed by atoms with van der Waals surface area (Å²) in [5.41, 5.74) is 3.82. The van der Waals surface area contributed by atoms with Crippen LogP contribution in [0.3, 0.4) is 0 Å². The van der Waals surface area contributed by atoms with E-state index < -0.39 is 0 Å². The molecule has 2 nitrogen and oxygen atoms in total. The van der Waals surface area contributed by atoms with E-state index in [0.29, 0.717) is 5.88 Å². The second kappa shape index (κ2) is 3.74. The Morgan fingerprint density at radius 3 is 2.85 bits per heavy atom. The second-order valence-corrected chi connectivity index (χ2v) is 4.52. The minimum atomic E-state index is 0.481. The Labute approximate surface area is 89.2 Å². The van der Waals surface area contributed by atoms with Gasteiger partial charge in [-0.2, -0.15) is 0 Å². The third kappa shape index (κ3) is 1.75. The van der Waals surface area contributed by atoms with Crippen molar-refractivity contribution in [1.82, 2.24) is 9.97 Å². The first kappa shape index (κ1) is 9.12. The predicted octanol–water partition coefficient (Wildman–Crippen LogP) is 3.31. The summed E-state index contributed by atoms with van der Waals surface area (Å²) >= 11 is 8.91. The zero-order chi connectivity index (χ0) is 9.26. The van der Waals surface area contributed by atoms with E-state index in [-0.39, 0.29) is 0 Å². The van der Waals surface area contributed by atoms with Crippen LogP contribution in [0.2, 0.25) is 0 Å². The Hall–Kier alpha value is -0.450. The van der Waals surface area contributed by atoms with Crippen LogP contribution >= 0.6 is 34.3 Å². The van der Waals surface area contributed by atoms with Gasteiger partial charge in [0.1, 0.15) is 5.01 Å². The highest BCUT2D eigenvalue weighted by molar-refractivity contribution is 7.20. The highest BCUT2D eigenvalue weighted by atomic mass is 35.5. The van der Waals surface area contributed by atoms with Crippen LogP contribution in [0.15, 0.2) is 10.9 Å².